The molecular formula is C20H28ClFN2O. The Labute approximate surface area is 154 Å². The van der Waals surface area contributed by atoms with Gasteiger partial charge in [0.25, 0.3) is 0 Å². The molecule has 0 spiro atoms. The third kappa shape index (κ3) is 4.95. The third-order valence-electron chi connectivity index (χ3n) is 5.87. The molecule has 2 fully saturated rings. The fourth-order valence-corrected chi connectivity index (χ4v) is 4.62. The lowest BCUT2D eigenvalue weighted by Gasteiger charge is -2.29. The molecule has 0 aromatic heterocycles. The van der Waals surface area contributed by atoms with Gasteiger partial charge in [-0.3, -0.25) is 4.79 Å². The molecule has 1 atom stereocenters. The Hall–Kier alpha value is -1.13. The molecule has 138 valence electrons. The summed E-state index contributed by atoms with van der Waals surface area (Å²) in [5.74, 6) is 1.15. The third-order valence-corrected chi connectivity index (χ3v) is 6.20. The van der Waals surface area contributed by atoms with E-state index in [-0.39, 0.29) is 11.7 Å². The first-order valence-corrected chi connectivity index (χ1v) is 9.84. The van der Waals surface area contributed by atoms with Crippen LogP contribution >= 0.6 is 11.6 Å². The average Bonchev–Trinajstić information content (AvgIpc) is 3.05. The highest BCUT2D eigenvalue weighted by Gasteiger charge is 2.26. The van der Waals surface area contributed by atoms with Gasteiger partial charge >= 0.3 is 0 Å². The smallest absolute Gasteiger partial charge is 0.219 e. The van der Waals surface area contributed by atoms with Crippen molar-refractivity contribution in [3.63, 3.8) is 0 Å². The molecule has 1 heterocycles. The van der Waals surface area contributed by atoms with Crippen molar-refractivity contribution in [2.75, 3.05) is 19.6 Å². The Balaban J connectivity index is 1.38. The predicted octanol–water partition coefficient (Wildman–Crippen LogP) is 4.35. The van der Waals surface area contributed by atoms with Gasteiger partial charge in [0.05, 0.1) is 0 Å². The SMILES string of the molecule is CC(=O)N1CCC(NCCC2CCC(c3ccc(F)cc3Cl)CC2)C1. The number of benzene rings is 1. The maximum atomic E-state index is 13.2. The van der Waals surface area contributed by atoms with E-state index in [1.807, 2.05) is 11.0 Å². The zero-order chi connectivity index (χ0) is 17.8. The maximum Gasteiger partial charge on any atom is 0.219 e. The van der Waals surface area contributed by atoms with Crippen LogP contribution in [0.25, 0.3) is 0 Å². The topological polar surface area (TPSA) is 32.3 Å². The molecule has 1 amide bonds. The van der Waals surface area contributed by atoms with E-state index in [1.54, 1.807) is 6.92 Å². The van der Waals surface area contributed by atoms with Crippen molar-refractivity contribution in [3.05, 3.63) is 34.6 Å². The van der Waals surface area contributed by atoms with Gasteiger partial charge in [0, 0.05) is 31.1 Å². The highest BCUT2D eigenvalue weighted by Crippen LogP contribution is 2.39. The summed E-state index contributed by atoms with van der Waals surface area (Å²) in [6.45, 7) is 4.42. The number of rotatable bonds is 5. The lowest BCUT2D eigenvalue weighted by molar-refractivity contribution is -0.127. The first-order valence-electron chi connectivity index (χ1n) is 9.46. The fourth-order valence-electron chi connectivity index (χ4n) is 4.30. The van der Waals surface area contributed by atoms with Crippen molar-refractivity contribution in [2.24, 2.45) is 5.92 Å². The molecule has 1 aromatic rings. The summed E-state index contributed by atoms with van der Waals surface area (Å²) in [6, 6.07) is 5.26. The molecule has 1 N–H and O–H groups in total. The summed E-state index contributed by atoms with van der Waals surface area (Å²) in [5, 5.41) is 4.19. The zero-order valence-electron chi connectivity index (χ0n) is 14.9. The molecule has 5 heteroatoms. The van der Waals surface area contributed by atoms with Crippen LogP contribution in [0.2, 0.25) is 5.02 Å². The van der Waals surface area contributed by atoms with E-state index in [0.717, 1.165) is 50.4 Å². The fraction of sp³-hybridized carbons (Fsp3) is 0.650. The highest BCUT2D eigenvalue weighted by atomic mass is 35.5. The summed E-state index contributed by atoms with van der Waals surface area (Å²) in [7, 11) is 0. The molecule has 1 unspecified atom stereocenters. The molecule has 0 bridgehead atoms. The van der Waals surface area contributed by atoms with E-state index in [2.05, 4.69) is 5.32 Å². The highest BCUT2D eigenvalue weighted by molar-refractivity contribution is 6.31. The molecule has 2 aliphatic rings. The number of carbonyl (C=O) groups excluding carboxylic acids is 1. The van der Waals surface area contributed by atoms with Crippen LogP contribution in [0.5, 0.6) is 0 Å². The molecule has 1 saturated carbocycles. The van der Waals surface area contributed by atoms with Crippen LogP contribution in [0.4, 0.5) is 4.39 Å². The Morgan fingerprint density at radius 3 is 2.68 bits per heavy atom. The maximum absolute atomic E-state index is 13.2. The normalized spacial score (nSPS) is 26.8. The van der Waals surface area contributed by atoms with Crippen molar-refractivity contribution in [2.45, 2.75) is 57.4 Å². The van der Waals surface area contributed by atoms with E-state index in [9.17, 15) is 9.18 Å². The molecular weight excluding hydrogens is 339 g/mol. The lowest BCUT2D eigenvalue weighted by atomic mass is 9.77. The van der Waals surface area contributed by atoms with Crippen LogP contribution in [0.3, 0.4) is 0 Å². The number of amides is 1. The van der Waals surface area contributed by atoms with Crippen molar-refractivity contribution < 1.29 is 9.18 Å². The van der Waals surface area contributed by atoms with Gasteiger partial charge < -0.3 is 10.2 Å². The summed E-state index contributed by atoms with van der Waals surface area (Å²) >= 11 is 6.21. The number of nitrogens with one attached hydrogen (secondary N) is 1. The summed E-state index contributed by atoms with van der Waals surface area (Å²) < 4.78 is 13.2. The van der Waals surface area contributed by atoms with Crippen molar-refractivity contribution >= 4 is 17.5 Å². The Morgan fingerprint density at radius 2 is 2.04 bits per heavy atom. The van der Waals surface area contributed by atoms with Crippen LogP contribution in [0, 0.1) is 11.7 Å². The van der Waals surface area contributed by atoms with E-state index in [0.29, 0.717) is 17.0 Å². The number of halogens is 2. The number of likely N-dealkylation sites (tertiary alicyclic amines) is 1. The summed E-state index contributed by atoms with van der Waals surface area (Å²) in [6.07, 6.45) is 6.96. The molecule has 25 heavy (non-hydrogen) atoms. The van der Waals surface area contributed by atoms with Crippen LogP contribution in [0.15, 0.2) is 18.2 Å². The van der Waals surface area contributed by atoms with Gasteiger partial charge in [-0.2, -0.15) is 0 Å². The number of hydrogen-bond acceptors (Lipinski definition) is 2. The molecule has 3 rings (SSSR count). The van der Waals surface area contributed by atoms with Crippen LogP contribution in [0.1, 0.15) is 56.9 Å². The molecule has 1 aliphatic heterocycles. The van der Waals surface area contributed by atoms with Gasteiger partial charge in [0.15, 0.2) is 0 Å². The quantitative estimate of drug-likeness (QED) is 0.840. The minimum absolute atomic E-state index is 0.182. The molecule has 1 aliphatic carbocycles. The minimum atomic E-state index is -0.260. The second-order valence-corrected chi connectivity index (χ2v) is 7.98. The van der Waals surface area contributed by atoms with E-state index < -0.39 is 0 Å². The Kier molecular flexibility index (Phi) is 6.34. The van der Waals surface area contributed by atoms with E-state index in [1.165, 1.54) is 31.4 Å². The Bertz CT molecular complexity index is 601. The standard InChI is InChI=1S/C20H28ClFN2O/c1-14(25)24-11-9-18(13-24)23-10-8-15-2-4-16(5-3-15)19-7-6-17(22)12-20(19)21/h6-7,12,15-16,18,23H,2-5,8-11,13H2,1H3. The lowest BCUT2D eigenvalue weighted by Crippen LogP contribution is -2.35. The van der Waals surface area contributed by atoms with Crippen molar-refractivity contribution in [1.82, 2.24) is 10.2 Å². The zero-order valence-corrected chi connectivity index (χ0v) is 15.7. The van der Waals surface area contributed by atoms with Gasteiger partial charge in [0.2, 0.25) is 5.91 Å². The van der Waals surface area contributed by atoms with Crippen LogP contribution in [-0.4, -0.2) is 36.5 Å². The second-order valence-electron chi connectivity index (χ2n) is 7.58. The Morgan fingerprint density at radius 1 is 1.28 bits per heavy atom. The van der Waals surface area contributed by atoms with Gasteiger partial charge in [-0.25, -0.2) is 4.39 Å². The largest absolute Gasteiger partial charge is 0.341 e. The first kappa shape index (κ1) is 18.7. The van der Waals surface area contributed by atoms with Crippen LogP contribution in [-0.2, 0) is 4.79 Å². The molecule has 3 nitrogen and oxygen atoms in total. The van der Waals surface area contributed by atoms with Crippen molar-refractivity contribution in [1.29, 1.82) is 0 Å². The monoisotopic (exact) mass is 366 g/mol. The first-order chi connectivity index (χ1) is 12.0. The average molecular weight is 367 g/mol. The van der Waals surface area contributed by atoms with Gasteiger partial charge in [0.1, 0.15) is 5.82 Å². The van der Waals surface area contributed by atoms with E-state index >= 15 is 0 Å². The van der Waals surface area contributed by atoms with Crippen LogP contribution < -0.4 is 5.32 Å². The van der Waals surface area contributed by atoms with Gasteiger partial charge in [-0.15, -0.1) is 0 Å². The van der Waals surface area contributed by atoms with Crippen molar-refractivity contribution in [3.8, 4) is 0 Å². The van der Waals surface area contributed by atoms with E-state index in [4.69, 9.17) is 11.6 Å². The predicted molar refractivity (Wildman–Crippen MR) is 99.4 cm³/mol. The van der Waals surface area contributed by atoms with Gasteiger partial charge in [-0.1, -0.05) is 17.7 Å². The van der Waals surface area contributed by atoms with Gasteiger partial charge in [-0.05, 0) is 74.6 Å². The number of nitrogens with zero attached hydrogens (tertiary/aromatic N) is 1. The number of hydrogen-bond donors (Lipinski definition) is 1. The minimum Gasteiger partial charge on any atom is -0.341 e. The summed E-state index contributed by atoms with van der Waals surface area (Å²) in [4.78, 5) is 13.3. The molecule has 1 saturated heterocycles. The second kappa shape index (κ2) is 8.50. The molecule has 1 aromatic carbocycles. The molecule has 0 radical (unpaired) electrons. The number of carbonyl (C=O) groups is 1. The summed E-state index contributed by atoms with van der Waals surface area (Å²) in [5.41, 5.74) is 1.11.